The van der Waals surface area contributed by atoms with E-state index in [0.29, 0.717) is 62.5 Å². The molecule has 1 amide bonds. The van der Waals surface area contributed by atoms with Gasteiger partial charge in [-0.3, -0.25) is 19.8 Å². The third-order valence-corrected chi connectivity index (χ3v) is 17.0. The van der Waals surface area contributed by atoms with E-state index in [0.717, 1.165) is 69.5 Å². The first-order valence-electron chi connectivity index (χ1n) is 24.4. The van der Waals surface area contributed by atoms with Gasteiger partial charge in [-0.05, 0) is 118 Å². The number of halogens is 3. The van der Waals surface area contributed by atoms with E-state index in [1.165, 1.54) is 23.3 Å². The van der Waals surface area contributed by atoms with Crippen LogP contribution in [0.5, 0.6) is 23.1 Å². The number of carbonyl (C=O) groups excluding carboxylic acids is 1. The van der Waals surface area contributed by atoms with E-state index in [4.69, 9.17) is 9.47 Å². The average Bonchev–Trinajstić information content (AvgIpc) is 3.96. The lowest BCUT2D eigenvalue weighted by molar-refractivity contribution is -0.384. The van der Waals surface area contributed by atoms with Gasteiger partial charge in [0.1, 0.15) is 23.8 Å². The minimum atomic E-state index is -4.86. The van der Waals surface area contributed by atoms with Crippen LogP contribution in [0.1, 0.15) is 118 Å². The van der Waals surface area contributed by atoms with E-state index < -0.39 is 61.1 Å². The van der Waals surface area contributed by atoms with E-state index in [-0.39, 0.29) is 57.8 Å². The lowest BCUT2D eigenvalue weighted by atomic mass is 9.59. The number of aliphatic hydroxyl groups is 1. The number of piperidine rings is 1. The van der Waals surface area contributed by atoms with Gasteiger partial charge in [0, 0.05) is 61.3 Å². The Morgan fingerprint density at radius 3 is 2.48 bits per heavy atom. The van der Waals surface area contributed by atoms with E-state index in [1.54, 1.807) is 13.0 Å². The SMILES string of the molecule is CC(C)c1ccccc1[C@@H]1CCCN1C1CC2(CCN(c3ccc(C(=O)NS(=O)(=O)c4cc5c(c([N+](=O)[O-])c4)N[C@@H](C4CCC(C)(O)CC4)CO5)c(Oc4cc5c(F)c[nH]c5nc4OC(F)F)c3)CC2)C1. The highest BCUT2D eigenvalue weighted by molar-refractivity contribution is 7.90. The number of nitro benzene ring substituents is 1. The van der Waals surface area contributed by atoms with Gasteiger partial charge < -0.3 is 34.5 Å². The van der Waals surface area contributed by atoms with Gasteiger partial charge in [-0.2, -0.15) is 13.8 Å². The number of hydrogen-bond donors (Lipinski definition) is 4. The number of nitrogens with zero attached hydrogens (tertiary/aromatic N) is 4. The van der Waals surface area contributed by atoms with Crippen molar-refractivity contribution in [1.29, 1.82) is 0 Å². The number of fused-ring (bicyclic) bond motifs is 2. The summed E-state index contributed by atoms with van der Waals surface area (Å²) in [5.41, 5.74) is 1.74. The fourth-order valence-corrected chi connectivity index (χ4v) is 12.7. The van der Waals surface area contributed by atoms with Gasteiger partial charge >= 0.3 is 6.61 Å². The molecule has 0 radical (unpaired) electrons. The summed E-state index contributed by atoms with van der Waals surface area (Å²) in [6.45, 7) is 5.36. The summed E-state index contributed by atoms with van der Waals surface area (Å²) < 4.78 is 89.2. The zero-order valence-corrected chi connectivity index (χ0v) is 40.6. The molecule has 20 heteroatoms. The average molecular weight is 1000 g/mol. The summed E-state index contributed by atoms with van der Waals surface area (Å²) in [5, 5.41) is 25.9. The number of carbonyl (C=O) groups is 1. The molecule has 5 aliphatic rings. The van der Waals surface area contributed by atoms with E-state index >= 15 is 0 Å². The topological polar surface area (TPSA) is 201 Å². The molecule has 10 rings (SSSR count). The van der Waals surface area contributed by atoms with E-state index in [9.17, 15) is 41.6 Å². The molecule has 378 valence electrons. The van der Waals surface area contributed by atoms with Crippen molar-refractivity contribution >= 4 is 44.0 Å². The Labute approximate surface area is 409 Å². The van der Waals surface area contributed by atoms with Crippen LogP contribution in [-0.4, -0.2) is 89.8 Å². The van der Waals surface area contributed by atoms with Crippen molar-refractivity contribution in [1.82, 2.24) is 19.6 Å². The number of aromatic nitrogens is 2. The van der Waals surface area contributed by atoms with Crippen LogP contribution in [0.4, 0.5) is 30.2 Å². The molecular weight excluding hydrogens is 944 g/mol. The first-order valence-corrected chi connectivity index (χ1v) is 25.9. The zero-order chi connectivity index (χ0) is 50.0. The standard InChI is InChI=1S/C51H58F3N7O9S/c1-29(2)34-7-4-5-8-35(34)40-9-6-18-60(40)32-25-51(26-32)16-19-59(20-17-51)31-10-11-36(42(21-31)69-44-24-37-38(52)27-55-46(37)57-48(44)70-49(53)54)47(62)58-71(66,67)33-22-41(61(64)65)45-43(23-33)68-28-39(56-45)30-12-14-50(3,63)15-13-30/h4-5,7-8,10-11,21-24,27,29-30,32,39-40,49,56,63H,6,9,12-20,25-26,28H2,1-3H3,(H,55,57)(H,58,62)/t30?,39-,40+,50?/m1/s1. The largest absolute Gasteiger partial charge is 0.489 e. The zero-order valence-electron chi connectivity index (χ0n) is 39.8. The summed E-state index contributed by atoms with van der Waals surface area (Å²) in [7, 11) is -4.86. The van der Waals surface area contributed by atoms with Crippen LogP contribution in [-0.2, 0) is 10.0 Å². The van der Waals surface area contributed by atoms with Crippen LogP contribution < -0.4 is 29.1 Å². The van der Waals surface area contributed by atoms with Crippen molar-refractivity contribution in [2.45, 2.75) is 126 Å². The molecule has 0 unspecified atom stereocenters. The van der Waals surface area contributed by atoms with Crippen molar-refractivity contribution in [3.05, 3.63) is 99.5 Å². The van der Waals surface area contributed by atoms with Crippen molar-refractivity contribution < 1.29 is 50.6 Å². The highest BCUT2D eigenvalue weighted by Gasteiger charge is 2.50. The second-order valence-electron chi connectivity index (χ2n) is 20.6. The number of ether oxygens (including phenoxy) is 3. The number of amides is 1. The molecule has 3 aromatic carbocycles. The predicted octanol–water partition coefficient (Wildman–Crippen LogP) is 9.95. The monoisotopic (exact) mass is 1000 g/mol. The van der Waals surface area contributed by atoms with Gasteiger partial charge in [-0.1, -0.05) is 38.1 Å². The van der Waals surface area contributed by atoms with E-state index in [1.807, 2.05) is 4.72 Å². The summed E-state index contributed by atoms with van der Waals surface area (Å²) in [6, 6.07) is 16.8. The first kappa shape index (κ1) is 48.5. The Kier molecular flexibility index (Phi) is 12.8. The third-order valence-electron chi connectivity index (χ3n) is 15.7. The number of pyridine rings is 1. The second-order valence-corrected chi connectivity index (χ2v) is 22.3. The highest BCUT2D eigenvalue weighted by atomic mass is 32.2. The van der Waals surface area contributed by atoms with Crippen LogP contribution in [0, 0.1) is 27.3 Å². The third kappa shape index (κ3) is 9.69. The summed E-state index contributed by atoms with van der Waals surface area (Å²) >= 11 is 0. The van der Waals surface area contributed by atoms with Gasteiger partial charge in [0.05, 0.1) is 32.4 Å². The van der Waals surface area contributed by atoms with Gasteiger partial charge in [-0.15, -0.1) is 0 Å². The second kappa shape index (κ2) is 18.8. The minimum absolute atomic E-state index is 0.00404. The smallest absolute Gasteiger partial charge is 0.388 e. The first-order chi connectivity index (χ1) is 33.9. The number of benzene rings is 3. The molecule has 16 nitrogen and oxygen atoms in total. The number of rotatable bonds is 13. The maximum atomic E-state index is 14.9. The van der Waals surface area contributed by atoms with Crippen LogP contribution in [0.3, 0.4) is 0 Å². The van der Waals surface area contributed by atoms with Crippen molar-refractivity contribution in [2.75, 3.05) is 36.5 Å². The number of nitro groups is 1. The Morgan fingerprint density at radius 2 is 1.76 bits per heavy atom. The maximum Gasteiger partial charge on any atom is 0.388 e. The van der Waals surface area contributed by atoms with Crippen LogP contribution in [0.25, 0.3) is 11.0 Å². The molecule has 2 aromatic heterocycles. The maximum absolute atomic E-state index is 14.9. The van der Waals surface area contributed by atoms with Gasteiger partial charge in [0.15, 0.2) is 17.2 Å². The van der Waals surface area contributed by atoms with Crippen LogP contribution >= 0.6 is 0 Å². The van der Waals surface area contributed by atoms with Crippen LogP contribution in [0.15, 0.2) is 71.8 Å². The molecule has 5 aromatic rings. The Bertz CT molecular complexity index is 2960. The number of aromatic amines is 1. The molecule has 2 atom stereocenters. The number of H-pyrrole nitrogens is 1. The number of hydrogen-bond acceptors (Lipinski definition) is 13. The summed E-state index contributed by atoms with van der Waals surface area (Å²) in [4.78, 5) is 36.6. The number of nitrogens with one attached hydrogen (secondary N) is 3. The quantitative estimate of drug-likeness (QED) is 0.0642. The number of anilines is 2. The summed E-state index contributed by atoms with van der Waals surface area (Å²) in [6.07, 6.45) is 9.67. The predicted molar refractivity (Wildman–Crippen MR) is 259 cm³/mol. The summed E-state index contributed by atoms with van der Waals surface area (Å²) in [5.74, 6) is -3.09. The molecule has 1 spiro atoms. The minimum Gasteiger partial charge on any atom is -0.489 e. The van der Waals surface area contributed by atoms with Crippen molar-refractivity contribution in [3.8, 4) is 23.1 Å². The number of sulfonamides is 1. The molecule has 2 saturated heterocycles. The lowest BCUT2D eigenvalue weighted by Gasteiger charge is -2.56. The molecule has 2 aliphatic carbocycles. The van der Waals surface area contributed by atoms with E-state index in [2.05, 4.69) is 67.9 Å². The normalized spacial score (nSPS) is 23.6. The van der Waals surface area contributed by atoms with Crippen molar-refractivity contribution in [3.63, 3.8) is 0 Å². The Balaban J connectivity index is 0.897. The van der Waals surface area contributed by atoms with Gasteiger partial charge in [0.25, 0.3) is 27.5 Å². The lowest BCUT2D eigenvalue weighted by Crippen LogP contribution is -2.54. The Hall–Kier alpha value is -6.12. The fraction of sp³-hybridized carbons (Fsp3) is 0.490. The molecule has 4 fully saturated rings. The highest BCUT2D eigenvalue weighted by Crippen LogP contribution is 2.54. The Morgan fingerprint density at radius 1 is 1.01 bits per heavy atom. The van der Waals surface area contributed by atoms with Gasteiger partial charge in [-0.25, -0.2) is 17.5 Å². The molecule has 71 heavy (non-hydrogen) atoms. The molecule has 4 N–H and O–H groups in total. The molecule has 5 heterocycles. The molecule has 0 bridgehead atoms. The van der Waals surface area contributed by atoms with Gasteiger partial charge in [0.2, 0.25) is 0 Å². The molecular formula is C51H58F3N7O9S. The fourth-order valence-electron chi connectivity index (χ4n) is 11.7. The number of likely N-dealkylation sites (tertiary alicyclic amines) is 1. The van der Waals surface area contributed by atoms with Crippen molar-refractivity contribution in [2.24, 2.45) is 11.3 Å². The van der Waals surface area contributed by atoms with Crippen LogP contribution in [0.2, 0.25) is 0 Å². The molecule has 2 saturated carbocycles. The molecule has 3 aliphatic heterocycles. The number of alkyl halides is 2.